The second-order valence-corrected chi connectivity index (χ2v) is 10.1. The summed E-state index contributed by atoms with van der Waals surface area (Å²) in [4.78, 5) is 4.79. The highest BCUT2D eigenvalue weighted by Crippen LogP contribution is 2.46. The Labute approximate surface area is 174 Å². The van der Waals surface area contributed by atoms with Crippen LogP contribution in [0.15, 0.2) is 6.07 Å². The van der Waals surface area contributed by atoms with E-state index in [2.05, 4.69) is 40.7 Å². The highest BCUT2D eigenvalue weighted by atomic mass is 35.5. The molecule has 1 aromatic heterocycles. The lowest BCUT2D eigenvalue weighted by Crippen LogP contribution is -2.47. The van der Waals surface area contributed by atoms with Crippen molar-refractivity contribution in [2.75, 3.05) is 0 Å². The minimum absolute atomic E-state index is 0.122. The van der Waals surface area contributed by atoms with Crippen LogP contribution in [0.4, 0.5) is 0 Å². The smallest absolute Gasteiger partial charge is 0.133 e. The first kappa shape index (κ1) is 21.4. The summed E-state index contributed by atoms with van der Waals surface area (Å²) in [5.74, 6) is 0.919. The van der Waals surface area contributed by atoms with E-state index in [0.717, 1.165) is 40.6 Å². The quantitative estimate of drug-likeness (QED) is 0.481. The number of ether oxygens (including phenoxy) is 1. The number of aliphatic hydroxyl groups is 1. The summed E-state index contributed by atoms with van der Waals surface area (Å²) in [7, 11) is 0. The molecular weight excluding hydrogens is 370 g/mol. The number of aryl methyl sites for hydroxylation is 1. The number of halogens is 1. The average molecular weight is 404 g/mol. The monoisotopic (exact) mass is 403 g/mol. The van der Waals surface area contributed by atoms with Crippen LogP contribution >= 0.6 is 11.6 Å². The van der Waals surface area contributed by atoms with E-state index < -0.39 is 11.7 Å². The molecule has 4 heteroatoms. The highest BCUT2D eigenvalue weighted by molar-refractivity contribution is 6.30. The zero-order valence-corrected chi connectivity index (χ0v) is 19.1. The lowest BCUT2D eigenvalue weighted by molar-refractivity contribution is -0.0420. The molecule has 0 unspecified atom stereocenters. The molecule has 1 aliphatic rings. The molecule has 2 aromatic rings. The molecule has 2 heterocycles. The summed E-state index contributed by atoms with van der Waals surface area (Å²) in [5.41, 5.74) is 4.74. The lowest BCUT2D eigenvalue weighted by atomic mass is 9.78. The third kappa shape index (κ3) is 3.76. The zero-order valence-electron chi connectivity index (χ0n) is 18.4. The molecule has 3 rings (SSSR count). The van der Waals surface area contributed by atoms with Gasteiger partial charge >= 0.3 is 0 Å². The molecule has 0 bridgehead atoms. The number of aliphatic hydroxyl groups excluding tert-OH is 1. The van der Waals surface area contributed by atoms with Gasteiger partial charge in [0.15, 0.2) is 0 Å². The van der Waals surface area contributed by atoms with Crippen molar-refractivity contribution in [1.29, 1.82) is 0 Å². The van der Waals surface area contributed by atoms with Crippen LogP contribution in [-0.4, -0.2) is 21.8 Å². The zero-order chi connectivity index (χ0) is 20.9. The van der Waals surface area contributed by atoms with E-state index in [4.69, 9.17) is 21.3 Å². The summed E-state index contributed by atoms with van der Waals surface area (Å²) in [6.07, 6.45) is 4.47. The number of fused-ring (bicyclic) bond motifs is 2. The van der Waals surface area contributed by atoms with Crippen molar-refractivity contribution in [2.45, 2.75) is 97.7 Å². The summed E-state index contributed by atoms with van der Waals surface area (Å²) >= 11 is 6.62. The van der Waals surface area contributed by atoms with Crippen LogP contribution < -0.4 is 4.74 Å². The van der Waals surface area contributed by atoms with Gasteiger partial charge in [0.25, 0.3) is 0 Å². The predicted octanol–water partition coefficient (Wildman–Crippen LogP) is 6.30. The van der Waals surface area contributed by atoms with Crippen LogP contribution in [0.2, 0.25) is 5.15 Å². The number of hydrogen-bond donors (Lipinski definition) is 1. The number of aromatic nitrogens is 1. The molecule has 0 spiro atoms. The van der Waals surface area contributed by atoms with Crippen molar-refractivity contribution in [3.05, 3.63) is 33.5 Å². The third-order valence-corrected chi connectivity index (χ3v) is 6.30. The minimum Gasteiger partial charge on any atom is -0.485 e. The Kier molecular flexibility index (Phi) is 5.73. The maximum absolute atomic E-state index is 10.6. The van der Waals surface area contributed by atoms with Crippen LogP contribution in [0, 0.1) is 6.92 Å². The van der Waals surface area contributed by atoms with Crippen LogP contribution in [0.3, 0.4) is 0 Å². The van der Waals surface area contributed by atoms with E-state index in [1.165, 1.54) is 24.0 Å². The number of benzene rings is 1. The Morgan fingerprint density at radius 1 is 1.29 bits per heavy atom. The summed E-state index contributed by atoms with van der Waals surface area (Å²) in [5, 5.41) is 12.3. The minimum atomic E-state index is -0.613. The highest BCUT2D eigenvalue weighted by Gasteiger charge is 2.39. The molecule has 154 valence electrons. The Morgan fingerprint density at radius 3 is 2.57 bits per heavy atom. The van der Waals surface area contributed by atoms with E-state index in [0.29, 0.717) is 11.6 Å². The molecule has 1 atom stereocenters. The van der Waals surface area contributed by atoms with Gasteiger partial charge in [-0.25, -0.2) is 4.98 Å². The summed E-state index contributed by atoms with van der Waals surface area (Å²) in [6.45, 7) is 14.9. The summed E-state index contributed by atoms with van der Waals surface area (Å²) < 4.78 is 6.41. The molecule has 28 heavy (non-hydrogen) atoms. The SMILES string of the molecule is CCCCCc1c(Cl)nc2cc3c(c(C(C)(C)C)c2c1C)OC(C)(C)[C@H](O)C3. The van der Waals surface area contributed by atoms with Gasteiger partial charge in [0.05, 0.1) is 11.6 Å². The molecule has 0 radical (unpaired) electrons. The largest absolute Gasteiger partial charge is 0.485 e. The van der Waals surface area contributed by atoms with E-state index in [-0.39, 0.29) is 5.41 Å². The van der Waals surface area contributed by atoms with Gasteiger partial charge in [-0.1, -0.05) is 52.1 Å². The van der Waals surface area contributed by atoms with Gasteiger partial charge in [0, 0.05) is 17.4 Å². The Balaban J connectivity index is 2.31. The van der Waals surface area contributed by atoms with Gasteiger partial charge in [-0.3, -0.25) is 0 Å². The number of rotatable bonds is 4. The second-order valence-electron chi connectivity index (χ2n) is 9.77. The van der Waals surface area contributed by atoms with E-state index in [1.807, 2.05) is 13.8 Å². The fourth-order valence-corrected chi connectivity index (χ4v) is 4.59. The van der Waals surface area contributed by atoms with Crippen molar-refractivity contribution in [3.8, 4) is 5.75 Å². The fourth-order valence-electron chi connectivity index (χ4n) is 4.26. The molecule has 1 N–H and O–H groups in total. The maximum atomic E-state index is 10.6. The van der Waals surface area contributed by atoms with Crippen molar-refractivity contribution in [2.24, 2.45) is 0 Å². The molecule has 1 aliphatic heterocycles. The molecule has 0 saturated heterocycles. The van der Waals surface area contributed by atoms with Crippen LogP contribution in [0.25, 0.3) is 10.9 Å². The van der Waals surface area contributed by atoms with Gasteiger partial charge in [-0.15, -0.1) is 0 Å². The number of nitrogens with zero attached hydrogens (tertiary/aromatic N) is 1. The number of unbranched alkanes of at least 4 members (excludes halogenated alkanes) is 2. The first-order valence-electron chi connectivity index (χ1n) is 10.5. The van der Waals surface area contributed by atoms with E-state index >= 15 is 0 Å². The van der Waals surface area contributed by atoms with Crippen LogP contribution in [0.5, 0.6) is 5.75 Å². The van der Waals surface area contributed by atoms with E-state index in [9.17, 15) is 5.11 Å². The van der Waals surface area contributed by atoms with Crippen molar-refractivity contribution < 1.29 is 9.84 Å². The first-order chi connectivity index (χ1) is 13.0. The maximum Gasteiger partial charge on any atom is 0.133 e. The summed E-state index contributed by atoms with van der Waals surface area (Å²) in [6, 6.07) is 2.06. The Morgan fingerprint density at radius 2 is 1.96 bits per heavy atom. The standard InChI is InChI=1S/C24H34ClNO2/c1-8-9-10-11-16-14(2)19-17(26-22(16)25)12-15-13-18(27)24(6,7)28-21(15)20(19)23(3,4)5/h12,18,27H,8-11,13H2,1-7H3/t18-/m1/s1. The topological polar surface area (TPSA) is 42.4 Å². The molecule has 3 nitrogen and oxygen atoms in total. The molecule has 0 aliphatic carbocycles. The molecule has 1 aromatic carbocycles. The van der Waals surface area contributed by atoms with Crippen molar-refractivity contribution >= 4 is 22.5 Å². The molecular formula is C24H34ClNO2. The van der Waals surface area contributed by atoms with Crippen LogP contribution in [0.1, 0.15) is 83.1 Å². The normalized spacial score (nSPS) is 18.8. The van der Waals surface area contributed by atoms with Crippen molar-refractivity contribution in [3.63, 3.8) is 0 Å². The molecule has 0 amide bonds. The molecule has 0 saturated carbocycles. The van der Waals surface area contributed by atoms with Crippen molar-refractivity contribution in [1.82, 2.24) is 4.98 Å². The lowest BCUT2D eigenvalue weighted by Gasteiger charge is -2.40. The average Bonchev–Trinajstić information content (AvgIpc) is 2.56. The van der Waals surface area contributed by atoms with Gasteiger partial charge < -0.3 is 9.84 Å². The molecule has 0 fully saturated rings. The van der Waals surface area contributed by atoms with Gasteiger partial charge in [-0.2, -0.15) is 0 Å². The van der Waals surface area contributed by atoms with E-state index in [1.54, 1.807) is 0 Å². The predicted molar refractivity (Wildman–Crippen MR) is 118 cm³/mol. The third-order valence-electron chi connectivity index (χ3n) is 5.99. The van der Waals surface area contributed by atoms with Crippen LogP contribution in [-0.2, 0) is 18.3 Å². The van der Waals surface area contributed by atoms with Gasteiger partial charge in [0.2, 0.25) is 0 Å². The van der Waals surface area contributed by atoms with Gasteiger partial charge in [-0.05, 0) is 61.8 Å². The fraction of sp³-hybridized carbons (Fsp3) is 0.625. The number of hydrogen-bond acceptors (Lipinski definition) is 3. The Hall–Kier alpha value is -1.32. The first-order valence-corrected chi connectivity index (χ1v) is 10.9. The number of pyridine rings is 1. The van der Waals surface area contributed by atoms with Gasteiger partial charge in [0.1, 0.15) is 16.5 Å². The Bertz CT molecular complexity index is 896. The second kappa shape index (κ2) is 7.50.